The van der Waals surface area contributed by atoms with Gasteiger partial charge in [0, 0.05) is 35.9 Å². The third-order valence-corrected chi connectivity index (χ3v) is 3.53. The Morgan fingerprint density at radius 1 is 1.39 bits per heavy atom. The van der Waals surface area contributed by atoms with Crippen LogP contribution in [0.5, 0.6) is 0 Å². The lowest BCUT2D eigenvalue weighted by Gasteiger charge is -2.15. The van der Waals surface area contributed by atoms with Crippen molar-refractivity contribution in [1.29, 1.82) is 0 Å². The second-order valence-corrected chi connectivity index (χ2v) is 5.68. The molecule has 0 aliphatic heterocycles. The minimum Gasteiger partial charge on any atom is -0.355 e. The summed E-state index contributed by atoms with van der Waals surface area (Å²) in [6.07, 6.45) is 2.38. The predicted molar refractivity (Wildman–Crippen MR) is 74.8 cm³/mol. The average molecular weight is 268 g/mol. The number of carbonyl (C=O) groups is 1. The molecule has 2 atom stereocenters. The maximum Gasteiger partial charge on any atom is 0.228 e. The van der Waals surface area contributed by atoms with Crippen LogP contribution in [0.1, 0.15) is 17.9 Å². The molecule has 1 amide bonds. The van der Waals surface area contributed by atoms with Crippen molar-refractivity contribution in [2.75, 3.05) is 25.1 Å². The van der Waals surface area contributed by atoms with Gasteiger partial charge in [-0.25, -0.2) is 0 Å². The Morgan fingerprint density at radius 2 is 2.06 bits per heavy atom. The first-order valence-corrected chi connectivity index (χ1v) is 7.70. The second-order valence-electron chi connectivity index (χ2n) is 4.12. The number of nitrogens with two attached hydrogens (primary N) is 1. The topological polar surface area (TPSA) is 72.2 Å². The average Bonchev–Trinajstić information content (AvgIpc) is 2.36. The molecule has 1 rings (SSSR count). The highest BCUT2D eigenvalue weighted by Crippen LogP contribution is 2.13. The van der Waals surface area contributed by atoms with E-state index in [1.165, 1.54) is 0 Å². The zero-order chi connectivity index (χ0) is 13.4. The highest BCUT2D eigenvalue weighted by Gasteiger charge is 2.17. The van der Waals surface area contributed by atoms with Crippen LogP contribution in [0.3, 0.4) is 0 Å². The maximum absolute atomic E-state index is 12.0. The van der Waals surface area contributed by atoms with E-state index in [0.29, 0.717) is 12.3 Å². The number of benzene rings is 1. The molecule has 4 nitrogen and oxygen atoms in total. The lowest BCUT2D eigenvalue weighted by molar-refractivity contribution is -0.122. The van der Waals surface area contributed by atoms with Crippen LogP contribution in [-0.4, -0.2) is 35.2 Å². The number of nitrogens with one attached hydrogen (secondary N) is 1. The van der Waals surface area contributed by atoms with E-state index in [0.717, 1.165) is 12.0 Å². The molecule has 1 aromatic rings. The van der Waals surface area contributed by atoms with E-state index in [-0.39, 0.29) is 18.4 Å². The summed E-state index contributed by atoms with van der Waals surface area (Å²) < 4.78 is 10.9. The molecule has 2 unspecified atom stereocenters. The molecule has 0 aliphatic carbocycles. The van der Waals surface area contributed by atoms with Crippen LogP contribution in [-0.2, 0) is 15.6 Å². The van der Waals surface area contributed by atoms with Crippen LogP contribution in [0.4, 0.5) is 0 Å². The van der Waals surface area contributed by atoms with Crippen LogP contribution >= 0.6 is 0 Å². The van der Waals surface area contributed by atoms with Crippen molar-refractivity contribution in [1.82, 2.24) is 5.32 Å². The van der Waals surface area contributed by atoms with Crippen LogP contribution < -0.4 is 11.1 Å². The summed E-state index contributed by atoms with van der Waals surface area (Å²) in [7, 11) is -0.805. The van der Waals surface area contributed by atoms with Crippen molar-refractivity contribution in [3.8, 4) is 0 Å². The van der Waals surface area contributed by atoms with E-state index in [1.807, 2.05) is 30.3 Å². The van der Waals surface area contributed by atoms with E-state index in [4.69, 9.17) is 5.73 Å². The van der Waals surface area contributed by atoms with Gasteiger partial charge in [-0.2, -0.15) is 0 Å². The Bertz CT molecular complexity index is 395. The molecule has 0 heterocycles. The van der Waals surface area contributed by atoms with Crippen molar-refractivity contribution in [2.45, 2.75) is 12.3 Å². The summed E-state index contributed by atoms with van der Waals surface area (Å²) in [5.74, 6) is 0.239. The van der Waals surface area contributed by atoms with Crippen molar-refractivity contribution >= 4 is 16.7 Å². The zero-order valence-electron chi connectivity index (χ0n) is 10.6. The Balaban J connectivity index is 2.46. The first-order valence-electron chi connectivity index (χ1n) is 5.98. The summed E-state index contributed by atoms with van der Waals surface area (Å²) in [5, 5.41) is 2.83. The second kappa shape index (κ2) is 8.00. The first-order chi connectivity index (χ1) is 8.65. The molecule has 5 heteroatoms. The van der Waals surface area contributed by atoms with Crippen molar-refractivity contribution in [3.05, 3.63) is 35.9 Å². The van der Waals surface area contributed by atoms with Gasteiger partial charge in [-0.05, 0) is 12.0 Å². The van der Waals surface area contributed by atoms with Crippen LogP contribution in [0.25, 0.3) is 0 Å². The Labute approximate surface area is 110 Å². The molecule has 0 radical (unpaired) electrons. The summed E-state index contributed by atoms with van der Waals surface area (Å²) in [6.45, 7) is 0.831. The smallest absolute Gasteiger partial charge is 0.228 e. The Kier molecular flexibility index (Phi) is 6.60. The van der Waals surface area contributed by atoms with E-state index in [9.17, 15) is 9.00 Å². The van der Waals surface area contributed by atoms with Crippen molar-refractivity contribution in [2.24, 2.45) is 5.73 Å². The molecule has 1 aromatic carbocycles. The minimum absolute atomic E-state index is 0.0643. The number of carbonyl (C=O) groups excluding carboxylic acids is 1. The quantitative estimate of drug-likeness (QED) is 0.712. The molecule has 0 fully saturated rings. The zero-order valence-corrected chi connectivity index (χ0v) is 11.4. The van der Waals surface area contributed by atoms with Gasteiger partial charge in [0.1, 0.15) is 0 Å². The molecule has 18 heavy (non-hydrogen) atoms. The third-order valence-electron chi connectivity index (χ3n) is 2.66. The van der Waals surface area contributed by atoms with E-state index in [1.54, 1.807) is 6.26 Å². The van der Waals surface area contributed by atoms with Gasteiger partial charge < -0.3 is 11.1 Å². The highest BCUT2D eigenvalue weighted by atomic mass is 32.2. The van der Waals surface area contributed by atoms with Crippen molar-refractivity contribution in [3.63, 3.8) is 0 Å². The number of rotatable bonds is 7. The first kappa shape index (κ1) is 14.9. The molecule has 0 saturated heterocycles. The van der Waals surface area contributed by atoms with Gasteiger partial charge in [-0.15, -0.1) is 0 Å². The van der Waals surface area contributed by atoms with E-state index >= 15 is 0 Å². The Hall–Kier alpha value is -1.20. The molecule has 0 saturated carbocycles. The lowest BCUT2D eigenvalue weighted by atomic mass is 9.98. The van der Waals surface area contributed by atoms with Gasteiger partial charge in [0.15, 0.2) is 0 Å². The molecular formula is C13H20N2O2S. The molecule has 0 aliphatic rings. The minimum atomic E-state index is -0.805. The lowest BCUT2D eigenvalue weighted by Crippen LogP contribution is -2.34. The van der Waals surface area contributed by atoms with Gasteiger partial charge >= 0.3 is 0 Å². The van der Waals surface area contributed by atoms with Crippen LogP contribution in [0, 0.1) is 0 Å². The van der Waals surface area contributed by atoms with Gasteiger partial charge in [0.05, 0.1) is 5.92 Å². The fraction of sp³-hybridized carbons (Fsp3) is 0.462. The molecular weight excluding hydrogens is 248 g/mol. The number of amides is 1. The van der Waals surface area contributed by atoms with Gasteiger partial charge in [-0.1, -0.05) is 30.3 Å². The van der Waals surface area contributed by atoms with Crippen LogP contribution in [0.15, 0.2) is 30.3 Å². The summed E-state index contributed by atoms with van der Waals surface area (Å²) >= 11 is 0. The van der Waals surface area contributed by atoms with Crippen LogP contribution in [0.2, 0.25) is 0 Å². The van der Waals surface area contributed by atoms with Gasteiger partial charge in [0.25, 0.3) is 0 Å². The maximum atomic E-state index is 12.0. The van der Waals surface area contributed by atoms with Crippen molar-refractivity contribution < 1.29 is 9.00 Å². The number of hydrogen-bond acceptors (Lipinski definition) is 3. The molecule has 3 N–H and O–H groups in total. The SMILES string of the molecule is CS(=O)CCCNC(=O)C(CN)c1ccccc1. The van der Waals surface area contributed by atoms with E-state index in [2.05, 4.69) is 5.32 Å². The van der Waals surface area contributed by atoms with Gasteiger partial charge in [-0.3, -0.25) is 9.00 Å². The third kappa shape index (κ3) is 4.98. The molecule has 0 bridgehead atoms. The molecule has 0 spiro atoms. The van der Waals surface area contributed by atoms with Gasteiger partial charge in [0.2, 0.25) is 5.91 Å². The summed E-state index contributed by atoms with van der Waals surface area (Å²) in [6, 6.07) is 9.50. The predicted octanol–water partition coefficient (Wildman–Crippen LogP) is 0.614. The fourth-order valence-electron chi connectivity index (χ4n) is 1.69. The Morgan fingerprint density at radius 3 is 2.61 bits per heavy atom. The molecule has 100 valence electrons. The monoisotopic (exact) mass is 268 g/mol. The number of hydrogen-bond donors (Lipinski definition) is 2. The normalized spacial score (nSPS) is 13.9. The highest BCUT2D eigenvalue weighted by molar-refractivity contribution is 7.84. The fourth-order valence-corrected chi connectivity index (χ4v) is 2.24. The van der Waals surface area contributed by atoms with E-state index < -0.39 is 10.8 Å². The largest absolute Gasteiger partial charge is 0.355 e. The summed E-state index contributed by atoms with van der Waals surface area (Å²) in [5.41, 5.74) is 6.58. The summed E-state index contributed by atoms with van der Waals surface area (Å²) in [4.78, 5) is 12.0. The standard InChI is InChI=1S/C13H20N2O2S/c1-18(17)9-5-8-15-13(16)12(10-14)11-6-3-2-4-7-11/h2-4,6-7,12H,5,8-10,14H2,1H3,(H,15,16). The molecule has 0 aromatic heterocycles.